The Balaban J connectivity index is 1.69. The second-order valence-electron chi connectivity index (χ2n) is 7.23. The van der Waals surface area contributed by atoms with Gasteiger partial charge in [0, 0.05) is 11.1 Å². The van der Waals surface area contributed by atoms with E-state index in [1.807, 2.05) is 26.0 Å². The summed E-state index contributed by atoms with van der Waals surface area (Å²) in [5.41, 5.74) is 4.89. The molecule has 2 aromatic carbocycles. The SMILES string of the molecule is CC(C)Oc1ccc(-c2nc(-c3cccc4c3CC[C@H]4C)no2)cc1C#N. The van der Waals surface area contributed by atoms with Gasteiger partial charge < -0.3 is 9.26 Å². The third-order valence-corrected chi connectivity index (χ3v) is 4.95. The summed E-state index contributed by atoms with van der Waals surface area (Å²) in [6.07, 6.45) is 2.19. The molecule has 0 amide bonds. The Morgan fingerprint density at radius 1 is 1.26 bits per heavy atom. The highest BCUT2D eigenvalue weighted by atomic mass is 16.5. The summed E-state index contributed by atoms with van der Waals surface area (Å²) in [7, 11) is 0. The summed E-state index contributed by atoms with van der Waals surface area (Å²) in [5, 5.41) is 13.6. The van der Waals surface area contributed by atoms with Crippen LogP contribution >= 0.6 is 0 Å². The van der Waals surface area contributed by atoms with Crippen LogP contribution in [0.15, 0.2) is 40.9 Å². The van der Waals surface area contributed by atoms with Crippen LogP contribution in [0.1, 0.15) is 49.8 Å². The quantitative estimate of drug-likeness (QED) is 0.647. The molecule has 0 N–H and O–H groups in total. The van der Waals surface area contributed by atoms with Crippen molar-refractivity contribution in [3.05, 3.63) is 53.1 Å². The molecule has 1 aromatic heterocycles. The first-order valence-electron chi connectivity index (χ1n) is 9.24. The number of rotatable bonds is 4. The van der Waals surface area contributed by atoms with E-state index in [4.69, 9.17) is 9.26 Å². The van der Waals surface area contributed by atoms with Crippen molar-refractivity contribution in [2.45, 2.75) is 45.6 Å². The van der Waals surface area contributed by atoms with Crippen LogP contribution in [0, 0.1) is 11.3 Å². The van der Waals surface area contributed by atoms with Crippen LogP contribution in [0.25, 0.3) is 22.8 Å². The predicted molar refractivity (Wildman–Crippen MR) is 102 cm³/mol. The Morgan fingerprint density at radius 2 is 2.11 bits per heavy atom. The molecule has 5 nitrogen and oxygen atoms in total. The predicted octanol–water partition coefficient (Wildman–Crippen LogP) is 5.11. The Bertz CT molecular complexity index is 1030. The Kier molecular flexibility index (Phi) is 4.41. The minimum Gasteiger partial charge on any atom is -0.490 e. The molecule has 0 bridgehead atoms. The van der Waals surface area contributed by atoms with Crippen molar-refractivity contribution in [1.29, 1.82) is 5.26 Å². The summed E-state index contributed by atoms with van der Waals surface area (Å²) in [6, 6.07) is 13.8. The minimum absolute atomic E-state index is 0.000486. The molecule has 0 unspecified atom stereocenters. The number of nitriles is 1. The molecule has 1 heterocycles. The average Bonchev–Trinajstić information content (AvgIpc) is 3.29. The maximum atomic E-state index is 9.42. The first-order chi connectivity index (χ1) is 13.1. The van der Waals surface area contributed by atoms with Gasteiger partial charge in [-0.15, -0.1) is 0 Å². The molecule has 1 atom stereocenters. The molecule has 0 radical (unpaired) electrons. The van der Waals surface area contributed by atoms with Crippen LogP contribution in [-0.2, 0) is 6.42 Å². The molecule has 4 rings (SSSR count). The Hall–Kier alpha value is -3.13. The van der Waals surface area contributed by atoms with Gasteiger partial charge in [0.1, 0.15) is 11.8 Å². The summed E-state index contributed by atoms with van der Waals surface area (Å²) in [5.74, 6) is 2.13. The molecule has 136 valence electrons. The lowest BCUT2D eigenvalue weighted by Crippen LogP contribution is -2.06. The number of hydrogen-bond donors (Lipinski definition) is 0. The normalized spacial score (nSPS) is 15.6. The lowest BCUT2D eigenvalue weighted by Gasteiger charge is -2.11. The van der Waals surface area contributed by atoms with Crippen LogP contribution in [0.5, 0.6) is 5.75 Å². The van der Waals surface area contributed by atoms with Gasteiger partial charge in [0.05, 0.1) is 11.7 Å². The van der Waals surface area contributed by atoms with E-state index in [9.17, 15) is 5.26 Å². The maximum Gasteiger partial charge on any atom is 0.258 e. The number of nitrogens with zero attached hydrogens (tertiary/aromatic N) is 3. The van der Waals surface area contributed by atoms with Crippen LogP contribution in [0.4, 0.5) is 0 Å². The fourth-order valence-corrected chi connectivity index (χ4v) is 3.63. The monoisotopic (exact) mass is 359 g/mol. The van der Waals surface area contributed by atoms with E-state index in [-0.39, 0.29) is 6.10 Å². The second-order valence-corrected chi connectivity index (χ2v) is 7.23. The Labute approximate surface area is 158 Å². The van der Waals surface area contributed by atoms with Gasteiger partial charge in [0.2, 0.25) is 5.82 Å². The van der Waals surface area contributed by atoms with Gasteiger partial charge in [0.15, 0.2) is 0 Å². The van der Waals surface area contributed by atoms with Gasteiger partial charge in [-0.2, -0.15) is 10.2 Å². The summed E-state index contributed by atoms with van der Waals surface area (Å²) < 4.78 is 11.2. The van der Waals surface area contributed by atoms with Gasteiger partial charge in [-0.3, -0.25) is 0 Å². The van der Waals surface area contributed by atoms with Crippen LogP contribution in [0.2, 0.25) is 0 Å². The van der Waals surface area contributed by atoms with Crippen LogP contribution < -0.4 is 4.74 Å². The fraction of sp³-hybridized carbons (Fsp3) is 0.318. The first kappa shape index (κ1) is 17.3. The van der Waals surface area contributed by atoms with E-state index in [1.165, 1.54) is 11.1 Å². The molecule has 0 saturated heterocycles. The number of aromatic nitrogens is 2. The van der Waals surface area contributed by atoms with E-state index in [0.29, 0.717) is 34.5 Å². The van der Waals surface area contributed by atoms with E-state index in [0.717, 1.165) is 18.4 Å². The number of hydrogen-bond acceptors (Lipinski definition) is 5. The third kappa shape index (κ3) is 3.19. The minimum atomic E-state index is 0.000486. The molecule has 27 heavy (non-hydrogen) atoms. The molecule has 0 saturated carbocycles. The summed E-state index contributed by atoms with van der Waals surface area (Å²) in [6.45, 7) is 6.11. The van der Waals surface area contributed by atoms with Crippen molar-refractivity contribution in [3.8, 4) is 34.7 Å². The van der Waals surface area contributed by atoms with Crippen LogP contribution in [0.3, 0.4) is 0 Å². The largest absolute Gasteiger partial charge is 0.490 e. The highest BCUT2D eigenvalue weighted by Crippen LogP contribution is 2.38. The highest BCUT2D eigenvalue weighted by molar-refractivity contribution is 5.67. The van der Waals surface area contributed by atoms with Gasteiger partial charge in [-0.05, 0) is 61.9 Å². The zero-order chi connectivity index (χ0) is 19.0. The molecule has 1 aliphatic carbocycles. The van der Waals surface area contributed by atoms with Crippen molar-refractivity contribution in [2.24, 2.45) is 0 Å². The number of ether oxygens (including phenoxy) is 1. The van der Waals surface area contributed by atoms with Gasteiger partial charge in [-0.25, -0.2) is 0 Å². The standard InChI is InChI=1S/C22H21N3O2/c1-13(2)26-20-10-8-15(11-16(20)12-23)22-24-21(25-27-22)19-6-4-5-17-14(3)7-9-18(17)19/h4-6,8,10-11,13-14H,7,9H2,1-3H3/t14-/m1/s1. The van der Waals surface area contributed by atoms with Gasteiger partial charge in [0.25, 0.3) is 5.89 Å². The molecular weight excluding hydrogens is 338 g/mol. The molecule has 3 aromatic rings. The molecule has 1 aliphatic rings. The topological polar surface area (TPSA) is 71.9 Å². The van der Waals surface area contributed by atoms with Crippen LogP contribution in [-0.4, -0.2) is 16.2 Å². The first-order valence-corrected chi connectivity index (χ1v) is 9.24. The number of fused-ring (bicyclic) bond motifs is 1. The lowest BCUT2D eigenvalue weighted by molar-refractivity contribution is 0.242. The van der Waals surface area contributed by atoms with Crippen molar-refractivity contribution < 1.29 is 9.26 Å². The lowest BCUT2D eigenvalue weighted by atomic mass is 9.99. The Morgan fingerprint density at radius 3 is 2.89 bits per heavy atom. The fourth-order valence-electron chi connectivity index (χ4n) is 3.63. The third-order valence-electron chi connectivity index (χ3n) is 4.95. The zero-order valence-electron chi connectivity index (χ0n) is 15.7. The average molecular weight is 359 g/mol. The van der Waals surface area contributed by atoms with Gasteiger partial charge in [-0.1, -0.05) is 30.3 Å². The van der Waals surface area contributed by atoms with Crippen molar-refractivity contribution in [2.75, 3.05) is 0 Å². The molecular formula is C22H21N3O2. The summed E-state index contributed by atoms with van der Waals surface area (Å²) >= 11 is 0. The zero-order valence-corrected chi connectivity index (χ0v) is 15.7. The maximum absolute atomic E-state index is 9.42. The van der Waals surface area contributed by atoms with E-state index >= 15 is 0 Å². The molecule has 0 aliphatic heterocycles. The molecule has 0 fully saturated rings. The smallest absolute Gasteiger partial charge is 0.258 e. The highest BCUT2D eigenvalue weighted by Gasteiger charge is 2.23. The van der Waals surface area contributed by atoms with Crippen molar-refractivity contribution in [3.63, 3.8) is 0 Å². The van der Waals surface area contributed by atoms with Crippen molar-refractivity contribution in [1.82, 2.24) is 10.1 Å². The van der Waals surface area contributed by atoms with E-state index in [2.05, 4.69) is 35.3 Å². The van der Waals surface area contributed by atoms with Gasteiger partial charge >= 0.3 is 0 Å². The molecule has 0 spiro atoms. The summed E-state index contributed by atoms with van der Waals surface area (Å²) in [4.78, 5) is 4.59. The second kappa shape index (κ2) is 6.88. The van der Waals surface area contributed by atoms with E-state index in [1.54, 1.807) is 12.1 Å². The van der Waals surface area contributed by atoms with Crippen molar-refractivity contribution >= 4 is 0 Å². The van der Waals surface area contributed by atoms with E-state index < -0.39 is 0 Å². The molecule has 5 heteroatoms. The number of benzene rings is 2.